The molecule has 1 heterocycles. The van der Waals surface area contributed by atoms with Gasteiger partial charge in [0.05, 0.1) is 23.8 Å². The van der Waals surface area contributed by atoms with Crippen molar-refractivity contribution < 1.29 is 23.9 Å². The highest BCUT2D eigenvalue weighted by Gasteiger charge is 2.26. The third kappa shape index (κ3) is 4.46. The lowest BCUT2D eigenvalue weighted by molar-refractivity contribution is -0.119. The first-order valence-corrected chi connectivity index (χ1v) is 10.5. The molecule has 0 fully saturated rings. The lowest BCUT2D eigenvalue weighted by Crippen LogP contribution is -2.23. The fourth-order valence-electron chi connectivity index (χ4n) is 4.00. The number of pyridine rings is 1. The molecule has 1 atom stereocenters. The van der Waals surface area contributed by atoms with Gasteiger partial charge < -0.3 is 14.8 Å². The van der Waals surface area contributed by atoms with Crippen LogP contribution in [0.3, 0.4) is 0 Å². The van der Waals surface area contributed by atoms with E-state index in [1.54, 1.807) is 24.3 Å². The summed E-state index contributed by atoms with van der Waals surface area (Å²) in [5.41, 5.74) is 3.98. The molecule has 1 aliphatic rings. The monoisotopic (exact) mass is 432 g/mol. The van der Waals surface area contributed by atoms with E-state index in [2.05, 4.69) is 17.0 Å². The van der Waals surface area contributed by atoms with Gasteiger partial charge in [0.25, 0.3) is 5.91 Å². The molecule has 0 radical (unpaired) electrons. The molecule has 0 saturated carbocycles. The Kier molecular flexibility index (Phi) is 6.16. The van der Waals surface area contributed by atoms with Crippen molar-refractivity contribution in [2.45, 2.75) is 26.2 Å². The van der Waals surface area contributed by atoms with E-state index in [-0.39, 0.29) is 0 Å². The highest BCUT2D eigenvalue weighted by atomic mass is 16.5. The second kappa shape index (κ2) is 9.18. The van der Waals surface area contributed by atoms with Crippen LogP contribution in [0, 0.1) is 5.92 Å². The van der Waals surface area contributed by atoms with Crippen LogP contribution in [-0.4, -0.2) is 36.5 Å². The standard InChI is InChI=1S/C25H24N2O5/c1-15-7-12-21-19(13-15)23(18-5-3-4-6-20(18)27-21)25(30)32-14-22(28)26-17-10-8-16(9-11-17)24(29)31-2/h3-6,8-11,15H,7,12-14H2,1-2H3,(H,26,28). The number of methoxy groups -OCH3 is 1. The van der Waals surface area contributed by atoms with E-state index >= 15 is 0 Å². The predicted molar refractivity (Wildman–Crippen MR) is 120 cm³/mol. The van der Waals surface area contributed by atoms with Crippen molar-refractivity contribution in [3.05, 3.63) is 70.9 Å². The number of aryl methyl sites for hydroxylation is 1. The Hall–Kier alpha value is -3.74. The molecule has 0 bridgehead atoms. The van der Waals surface area contributed by atoms with Crippen LogP contribution < -0.4 is 5.32 Å². The summed E-state index contributed by atoms with van der Waals surface area (Å²) < 4.78 is 10.1. The van der Waals surface area contributed by atoms with Gasteiger partial charge in [-0.3, -0.25) is 9.78 Å². The Labute approximate surface area is 185 Å². The molecule has 0 saturated heterocycles. The first kappa shape index (κ1) is 21.5. The van der Waals surface area contributed by atoms with Gasteiger partial charge in [0.2, 0.25) is 0 Å². The number of nitrogens with zero attached hydrogens (tertiary/aromatic N) is 1. The molecular weight excluding hydrogens is 408 g/mol. The Morgan fingerprint density at radius 2 is 1.81 bits per heavy atom. The normalized spacial score (nSPS) is 15.0. The number of fused-ring (bicyclic) bond motifs is 2. The Morgan fingerprint density at radius 1 is 1.06 bits per heavy atom. The summed E-state index contributed by atoms with van der Waals surface area (Å²) in [4.78, 5) is 41.7. The van der Waals surface area contributed by atoms with Crippen LogP contribution in [-0.2, 0) is 27.1 Å². The van der Waals surface area contributed by atoms with Crippen LogP contribution >= 0.6 is 0 Å². The van der Waals surface area contributed by atoms with Crippen molar-refractivity contribution in [2.24, 2.45) is 5.92 Å². The van der Waals surface area contributed by atoms with E-state index in [0.717, 1.165) is 41.4 Å². The van der Waals surface area contributed by atoms with Crippen molar-refractivity contribution in [3.8, 4) is 0 Å². The quantitative estimate of drug-likeness (QED) is 0.614. The van der Waals surface area contributed by atoms with E-state index in [0.29, 0.717) is 22.7 Å². The van der Waals surface area contributed by atoms with E-state index < -0.39 is 24.5 Å². The lowest BCUT2D eigenvalue weighted by Gasteiger charge is -2.24. The number of esters is 2. The van der Waals surface area contributed by atoms with E-state index in [1.807, 2.05) is 24.3 Å². The average Bonchev–Trinajstić information content (AvgIpc) is 2.81. The highest BCUT2D eigenvalue weighted by molar-refractivity contribution is 6.06. The SMILES string of the molecule is COC(=O)c1ccc(NC(=O)COC(=O)c2c3c(nc4ccccc24)CCC(C)C3)cc1. The molecule has 7 heteroatoms. The molecule has 0 aliphatic heterocycles. The number of hydrogen-bond donors (Lipinski definition) is 1. The molecule has 1 amide bonds. The van der Waals surface area contributed by atoms with Crippen LogP contribution in [0.15, 0.2) is 48.5 Å². The first-order valence-electron chi connectivity index (χ1n) is 10.5. The number of aromatic nitrogens is 1. The minimum atomic E-state index is -0.523. The largest absolute Gasteiger partial charge is 0.465 e. The summed E-state index contributed by atoms with van der Waals surface area (Å²) in [7, 11) is 1.30. The maximum absolute atomic E-state index is 13.1. The van der Waals surface area contributed by atoms with Crippen molar-refractivity contribution >= 4 is 34.4 Å². The van der Waals surface area contributed by atoms with Gasteiger partial charge in [-0.05, 0) is 61.1 Å². The van der Waals surface area contributed by atoms with Gasteiger partial charge in [0, 0.05) is 16.8 Å². The second-order valence-electron chi connectivity index (χ2n) is 7.97. The molecule has 164 valence electrons. The number of rotatable bonds is 5. The molecule has 1 unspecified atom stereocenters. The van der Waals surface area contributed by atoms with E-state index in [9.17, 15) is 14.4 Å². The second-order valence-corrected chi connectivity index (χ2v) is 7.97. The van der Waals surface area contributed by atoms with Gasteiger partial charge in [-0.2, -0.15) is 0 Å². The van der Waals surface area contributed by atoms with Gasteiger partial charge >= 0.3 is 11.9 Å². The summed E-state index contributed by atoms with van der Waals surface area (Å²) in [5, 5.41) is 3.40. The van der Waals surface area contributed by atoms with Crippen molar-refractivity contribution in [1.82, 2.24) is 4.98 Å². The zero-order chi connectivity index (χ0) is 22.7. The van der Waals surface area contributed by atoms with Gasteiger partial charge in [-0.25, -0.2) is 9.59 Å². The van der Waals surface area contributed by atoms with Crippen LogP contribution in [0.5, 0.6) is 0 Å². The van der Waals surface area contributed by atoms with Crippen molar-refractivity contribution in [3.63, 3.8) is 0 Å². The topological polar surface area (TPSA) is 94.6 Å². The van der Waals surface area contributed by atoms with Crippen molar-refractivity contribution in [1.29, 1.82) is 0 Å². The summed E-state index contributed by atoms with van der Waals surface area (Å²) in [6.07, 6.45) is 2.62. The maximum atomic E-state index is 13.1. The minimum absolute atomic E-state index is 0.375. The third-order valence-electron chi connectivity index (χ3n) is 5.63. The summed E-state index contributed by atoms with van der Waals surface area (Å²) in [5.74, 6) is -0.998. The Morgan fingerprint density at radius 3 is 2.56 bits per heavy atom. The molecule has 1 aliphatic carbocycles. The Bertz CT molecular complexity index is 1190. The van der Waals surface area contributed by atoms with E-state index in [4.69, 9.17) is 9.72 Å². The molecule has 4 rings (SSSR count). The fourth-order valence-corrected chi connectivity index (χ4v) is 4.00. The predicted octanol–water partition coefficient (Wildman–Crippen LogP) is 3.94. The molecule has 1 aromatic heterocycles. The number of amides is 1. The van der Waals surface area contributed by atoms with E-state index in [1.165, 1.54) is 7.11 Å². The third-order valence-corrected chi connectivity index (χ3v) is 5.63. The number of nitrogens with one attached hydrogen (secondary N) is 1. The number of carbonyl (C=O) groups is 3. The zero-order valence-corrected chi connectivity index (χ0v) is 18.0. The first-order chi connectivity index (χ1) is 15.5. The number of anilines is 1. The van der Waals surface area contributed by atoms with Crippen LogP contribution in [0.25, 0.3) is 10.9 Å². The summed E-state index contributed by atoms with van der Waals surface area (Å²) in [6, 6.07) is 13.8. The van der Waals surface area contributed by atoms with Crippen LogP contribution in [0.4, 0.5) is 5.69 Å². The Balaban J connectivity index is 1.49. The van der Waals surface area contributed by atoms with Gasteiger partial charge in [0.15, 0.2) is 6.61 Å². The summed E-state index contributed by atoms with van der Waals surface area (Å²) >= 11 is 0. The van der Waals surface area contributed by atoms with Crippen LogP contribution in [0.2, 0.25) is 0 Å². The van der Waals surface area contributed by atoms with Crippen LogP contribution in [0.1, 0.15) is 45.3 Å². The highest BCUT2D eigenvalue weighted by Crippen LogP contribution is 2.32. The van der Waals surface area contributed by atoms with Gasteiger partial charge in [-0.15, -0.1) is 0 Å². The average molecular weight is 432 g/mol. The molecule has 0 spiro atoms. The summed E-state index contributed by atoms with van der Waals surface area (Å²) in [6.45, 7) is 1.74. The number of ether oxygens (including phenoxy) is 2. The smallest absolute Gasteiger partial charge is 0.339 e. The lowest BCUT2D eigenvalue weighted by atomic mass is 9.84. The zero-order valence-electron chi connectivity index (χ0n) is 18.0. The van der Waals surface area contributed by atoms with Gasteiger partial charge in [-0.1, -0.05) is 25.1 Å². The maximum Gasteiger partial charge on any atom is 0.339 e. The van der Waals surface area contributed by atoms with Crippen molar-refractivity contribution in [2.75, 3.05) is 19.0 Å². The fraction of sp³-hybridized carbons (Fsp3) is 0.280. The number of carbonyl (C=O) groups excluding carboxylic acids is 3. The minimum Gasteiger partial charge on any atom is -0.465 e. The van der Waals surface area contributed by atoms with Gasteiger partial charge in [0.1, 0.15) is 0 Å². The molecule has 32 heavy (non-hydrogen) atoms. The number of hydrogen-bond acceptors (Lipinski definition) is 6. The molecule has 2 aromatic carbocycles. The molecular formula is C25H24N2O5. The molecule has 7 nitrogen and oxygen atoms in total. The number of benzene rings is 2. The molecule has 3 aromatic rings. The number of para-hydroxylation sites is 1. The molecule has 1 N–H and O–H groups in total.